The van der Waals surface area contributed by atoms with Crippen LogP contribution in [0.15, 0.2) is 12.3 Å². The summed E-state index contributed by atoms with van der Waals surface area (Å²) in [5.41, 5.74) is -1.13. The Hall–Kier alpha value is -1.57. The fourth-order valence-corrected chi connectivity index (χ4v) is 3.02. The molecule has 1 saturated heterocycles. The molecule has 16 heavy (non-hydrogen) atoms. The molecule has 0 radical (unpaired) electrons. The number of rotatable bonds is 3. The van der Waals surface area contributed by atoms with E-state index in [0.717, 1.165) is 5.75 Å². The second-order valence-corrected chi connectivity index (χ2v) is 4.62. The van der Waals surface area contributed by atoms with Crippen LogP contribution in [0.25, 0.3) is 0 Å². The summed E-state index contributed by atoms with van der Waals surface area (Å²) in [6, 6.07) is 1.22. The van der Waals surface area contributed by atoms with Gasteiger partial charge in [-0.25, -0.2) is 4.79 Å². The first-order valence-electron chi connectivity index (χ1n) is 4.58. The van der Waals surface area contributed by atoms with E-state index in [1.807, 2.05) is 0 Å². The minimum Gasteiger partial charge on any atom is -0.479 e. The molecule has 8 heteroatoms. The van der Waals surface area contributed by atoms with E-state index in [-0.39, 0.29) is 5.82 Å². The third kappa shape index (κ3) is 1.54. The van der Waals surface area contributed by atoms with Gasteiger partial charge in [-0.3, -0.25) is 0 Å². The van der Waals surface area contributed by atoms with Gasteiger partial charge in [0.05, 0.1) is 17.4 Å². The van der Waals surface area contributed by atoms with Crippen molar-refractivity contribution in [2.24, 2.45) is 0 Å². The molecule has 1 atom stereocenters. The topological polar surface area (TPSA) is 98.3 Å². The fourth-order valence-electron chi connectivity index (χ4n) is 1.65. The lowest BCUT2D eigenvalue weighted by Crippen LogP contribution is -2.42. The summed E-state index contributed by atoms with van der Waals surface area (Å²) in [5, 5.41) is 23.4. The highest BCUT2D eigenvalue weighted by molar-refractivity contribution is 7.99. The quantitative estimate of drug-likeness (QED) is 0.620. The van der Waals surface area contributed by atoms with Crippen LogP contribution >= 0.6 is 11.8 Å². The summed E-state index contributed by atoms with van der Waals surface area (Å²) < 4.78 is 1.20. The zero-order valence-corrected chi connectivity index (χ0v) is 9.01. The average molecular weight is 243 g/mol. The van der Waals surface area contributed by atoms with Crippen LogP contribution < -0.4 is 0 Å². The lowest BCUT2D eigenvalue weighted by molar-refractivity contribution is -0.389. The Kier molecular flexibility index (Phi) is 2.58. The summed E-state index contributed by atoms with van der Waals surface area (Å²) in [4.78, 5) is 21.1. The summed E-state index contributed by atoms with van der Waals surface area (Å²) in [7, 11) is 0. The van der Waals surface area contributed by atoms with Gasteiger partial charge in [-0.15, -0.1) is 0 Å². The maximum absolute atomic E-state index is 11.3. The van der Waals surface area contributed by atoms with Crippen molar-refractivity contribution in [2.75, 3.05) is 11.5 Å². The van der Waals surface area contributed by atoms with Gasteiger partial charge in [-0.1, -0.05) is 0 Å². The van der Waals surface area contributed by atoms with Gasteiger partial charge < -0.3 is 15.2 Å². The van der Waals surface area contributed by atoms with Crippen molar-refractivity contribution < 1.29 is 14.8 Å². The van der Waals surface area contributed by atoms with Crippen LogP contribution in [0.3, 0.4) is 0 Å². The van der Waals surface area contributed by atoms with Gasteiger partial charge in [-0.2, -0.15) is 16.4 Å². The number of thioether (sulfide) groups is 1. The molecule has 7 nitrogen and oxygen atoms in total. The Morgan fingerprint density at radius 2 is 2.50 bits per heavy atom. The largest absolute Gasteiger partial charge is 0.479 e. The number of hydrogen-bond acceptors (Lipinski definition) is 5. The number of aliphatic carboxylic acids is 1. The lowest BCUT2D eigenvalue weighted by atomic mass is 10.00. The predicted molar refractivity (Wildman–Crippen MR) is 56.4 cm³/mol. The Balaban J connectivity index is 2.40. The molecule has 0 aromatic carbocycles. The van der Waals surface area contributed by atoms with Crippen molar-refractivity contribution >= 4 is 23.5 Å². The van der Waals surface area contributed by atoms with Crippen LogP contribution in [-0.2, 0) is 10.3 Å². The molecule has 1 N–H and O–H groups in total. The second kappa shape index (κ2) is 3.78. The maximum atomic E-state index is 11.3. The molecule has 1 aromatic heterocycles. The number of aromatic nitrogens is 2. The van der Waals surface area contributed by atoms with E-state index >= 15 is 0 Å². The SMILES string of the molecule is O=C(O)C1(n2ccc([N+](=O)[O-])n2)CCSC1. The molecule has 1 aromatic rings. The number of carboxylic acids is 1. The highest BCUT2D eigenvalue weighted by Gasteiger charge is 2.47. The molecular formula is C8H9N3O4S. The molecule has 0 spiro atoms. The van der Waals surface area contributed by atoms with E-state index in [1.54, 1.807) is 0 Å². The van der Waals surface area contributed by atoms with E-state index in [4.69, 9.17) is 0 Å². The van der Waals surface area contributed by atoms with Crippen molar-refractivity contribution in [3.8, 4) is 0 Å². The van der Waals surface area contributed by atoms with E-state index in [2.05, 4.69) is 5.10 Å². The van der Waals surface area contributed by atoms with Crippen molar-refractivity contribution in [1.82, 2.24) is 9.78 Å². The Morgan fingerprint density at radius 1 is 1.75 bits per heavy atom. The monoisotopic (exact) mass is 243 g/mol. The summed E-state index contributed by atoms with van der Waals surface area (Å²) >= 11 is 1.51. The van der Waals surface area contributed by atoms with Crippen molar-refractivity contribution in [3.63, 3.8) is 0 Å². The Bertz CT molecular complexity index is 438. The smallest absolute Gasteiger partial charge is 0.389 e. The van der Waals surface area contributed by atoms with Gasteiger partial charge in [0.25, 0.3) is 0 Å². The normalized spacial score (nSPS) is 24.5. The van der Waals surface area contributed by atoms with Gasteiger partial charge in [-0.05, 0) is 17.1 Å². The predicted octanol–water partition coefficient (Wildman–Crippen LogP) is 0.708. The number of nitrogens with zero attached hydrogens (tertiary/aromatic N) is 3. The first kappa shape index (κ1) is 10.9. The minimum absolute atomic E-state index is 0.322. The van der Waals surface area contributed by atoms with Gasteiger partial charge >= 0.3 is 11.8 Å². The van der Waals surface area contributed by atoms with Crippen LogP contribution in [0.5, 0.6) is 0 Å². The zero-order valence-electron chi connectivity index (χ0n) is 8.20. The number of carbonyl (C=O) groups is 1. The highest BCUT2D eigenvalue weighted by Crippen LogP contribution is 2.35. The number of nitro groups is 1. The fraction of sp³-hybridized carbons (Fsp3) is 0.500. The number of carboxylic acid groups (broad SMARTS) is 1. The molecule has 1 unspecified atom stereocenters. The zero-order chi connectivity index (χ0) is 11.8. The number of hydrogen-bond donors (Lipinski definition) is 1. The van der Waals surface area contributed by atoms with E-state index in [9.17, 15) is 20.0 Å². The molecule has 2 heterocycles. The summed E-state index contributed by atoms with van der Waals surface area (Å²) in [6.07, 6.45) is 1.80. The molecule has 0 saturated carbocycles. The third-order valence-electron chi connectivity index (χ3n) is 2.60. The minimum atomic E-state index is -1.13. The van der Waals surface area contributed by atoms with Crippen LogP contribution in [0.1, 0.15) is 6.42 Å². The van der Waals surface area contributed by atoms with Crippen LogP contribution in [-0.4, -0.2) is 37.3 Å². The van der Waals surface area contributed by atoms with E-state index < -0.39 is 16.4 Å². The van der Waals surface area contributed by atoms with Gasteiger partial charge in [0.15, 0.2) is 5.54 Å². The first-order valence-corrected chi connectivity index (χ1v) is 5.73. The lowest BCUT2D eigenvalue weighted by Gasteiger charge is -2.19. The molecule has 1 aliphatic heterocycles. The molecule has 0 aliphatic carbocycles. The van der Waals surface area contributed by atoms with Crippen molar-refractivity contribution in [1.29, 1.82) is 0 Å². The van der Waals surface area contributed by atoms with Gasteiger partial charge in [0.1, 0.15) is 0 Å². The van der Waals surface area contributed by atoms with Gasteiger partial charge in [0.2, 0.25) is 0 Å². The molecule has 86 valence electrons. The van der Waals surface area contributed by atoms with Crippen LogP contribution in [0.2, 0.25) is 0 Å². The van der Waals surface area contributed by atoms with Crippen molar-refractivity contribution in [3.05, 3.63) is 22.4 Å². The third-order valence-corrected chi connectivity index (χ3v) is 3.77. The summed E-state index contributed by atoms with van der Waals surface area (Å²) in [6.45, 7) is 0. The van der Waals surface area contributed by atoms with Crippen molar-refractivity contribution in [2.45, 2.75) is 12.0 Å². The van der Waals surface area contributed by atoms with Crippen LogP contribution in [0, 0.1) is 10.1 Å². The van der Waals surface area contributed by atoms with E-state index in [0.29, 0.717) is 12.2 Å². The first-order chi connectivity index (χ1) is 7.56. The van der Waals surface area contributed by atoms with Gasteiger partial charge in [0, 0.05) is 5.75 Å². The molecule has 0 bridgehead atoms. The Labute approximate surface area is 94.6 Å². The second-order valence-electron chi connectivity index (χ2n) is 3.51. The average Bonchev–Trinajstić information content (AvgIpc) is 2.87. The molecule has 1 aliphatic rings. The molecule has 0 amide bonds. The van der Waals surface area contributed by atoms with Crippen LogP contribution in [0.4, 0.5) is 5.82 Å². The molecule has 2 rings (SSSR count). The maximum Gasteiger partial charge on any atom is 0.389 e. The van der Waals surface area contributed by atoms with E-state index in [1.165, 1.54) is 28.7 Å². The highest BCUT2D eigenvalue weighted by atomic mass is 32.2. The molecular weight excluding hydrogens is 234 g/mol. The Morgan fingerprint density at radius 3 is 2.94 bits per heavy atom. The standard InChI is InChI=1S/C8H9N3O4S/c12-7(13)8(2-4-16-5-8)10-3-1-6(9-10)11(14)15/h1,3H,2,4-5H2,(H,12,13). The summed E-state index contributed by atoms with van der Waals surface area (Å²) in [5.74, 6) is -0.200. The molecule has 1 fully saturated rings.